The van der Waals surface area contributed by atoms with Gasteiger partial charge in [-0.05, 0) is 24.3 Å². The van der Waals surface area contributed by atoms with Crippen LogP contribution in [0.15, 0.2) is 57.0 Å². The van der Waals surface area contributed by atoms with Crippen LogP contribution >= 0.6 is 23.5 Å². The molecule has 1 aromatic heterocycles. The average Bonchev–Trinajstić information content (AvgIpc) is 3.14. The maximum atomic E-state index is 13.6. The van der Waals surface area contributed by atoms with Gasteiger partial charge >= 0.3 is 0 Å². The molecule has 0 aliphatic heterocycles. The number of rotatable bonds is 8. The number of thioether (sulfide) groups is 2. The lowest BCUT2D eigenvalue weighted by Gasteiger charge is -2.07. The van der Waals surface area contributed by atoms with Gasteiger partial charge in [0.15, 0.2) is 0 Å². The van der Waals surface area contributed by atoms with Crippen LogP contribution in [0.3, 0.4) is 0 Å². The summed E-state index contributed by atoms with van der Waals surface area (Å²) in [5.41, 5.74) is 0.702. The highest BCUT2D eigenvalue weighted by Crippen LogP contribution is 2.34. The predicted octanol–water partition coefficient (Wildman–Crippen LogP) is 4.78. The van der Waals surface area contributed by atoms with Gasteiger partial charge in [-0.25, -0.2) is 4.39 Å². The molecule has 2 aromatic carbocycles. The quantitative estimate of drug-likeness (QED) is 0.404. The van der Waals surface area contributed by atoms with Crippen LogP contribution in [0.2, 0.25) is 0 Å². The Morgan fingerprint density at radius 2 is 1.81 bits per heavy atom. The number of ether oxygens (including phenoxy) is 2. The van der Waals surface area contributed by atoms with Gasteiger partial charge in [0.1, 0.15) is 17.3 Å². The third kappa shape index (κ3) is 4.50. The van der Waals surface area contributed by atoms with Gasteiger partial charge in [0.25, 0.3) is 11.1 Å². The summed E-state index contributed by atoms with van der Waals surface area (Å²) in [6, 6.07) is 12.1. The van der Waals surface area contributed by atoms with E-state index in [1.807, 2.05) is 12.1 Å². The second-order valence-corrected chi connectivity index (χ2v) is 7.25. The molecule has 26 heavy (non-hydrogen) atoms. The first kappa shape index (κ1) is 18.6. The van der Waals surface area contributed by atoms with E-state index in [2.05, 4.69) is 10.2 Å². The maximum Gasteiger partial charge on any atom is 0.276 e. The summed E-state index contributed by atoms with van der Waals surface area (Å²) in [6.07, 6.45) is 0. The minimum Gasteiger partial charge on any atom is -0.497 e. The molecule has 0 saturated heterocycles. The highest BCUT2D eigenvalue weighted by molar-refractivity contribution is 8.02. The van der Waals surface area contributed by atoms with Gasteiger partial charge in [0, 0.05) is 22.5 Å². The second kappa shape index (κ2) is 8.95. The monoisotopic (exact) mass is 392 g/mol. The van der Waals surface area contributed by atoms with E-state index in [9.17, 15) is 4.39 Å². The molecule has 0 amide bonds. The zero-order chi connectivity index (χ0) is 18.4. The van der Waals surface area contributed by atoms with E-state index >= 15 is 0 Å². The first-order valence-electron chi connectivity index (χ1n) is 7.77. The van der Waals surface area contributed by atoms with Crippen LogP contribution in [0.4, 0.5) is 4.39 Å². The molecule has 0 saturated carbocycles. The zero-order valence-electron chi connectivity index (χ0n) is 14.3. The maximum absolute atomic E-state index is 13.6. The van der Waals surface area contributed by atoms with Crippen molar-refractivity contribution >= 4 is 23.5 Å². The van der Waals surface area contributed by atoms with Gasteiger partial charge in [0.2, 0.25) is 0 Å². The number of nitrogens with zero attached hydrogens (tertiary/aromatic N) is 2. The first-order valence-corrected chi connectivity index (χ1v) is 9.74. The summed E-state index contributed by atoms with van der Waals surface area (Å²) in [4.78, 5) is 0.641. The van der Waals surface area contributed by atoms with Crippen molar-refractivity contribution in [3.05, 3.63) is 48.3 Å². The van der Waals surface area contributed by atoms with E-state index in [0.29, 0.717) is 33.1 Å². The molecule has 136 valence electrons. The van der Waals surface area contributed by atoms with E-state index in [-0.39, 0.29) is 5.82 Å². The molecule has 0 radical (unpaired) electrons. The number of hydrogen-bond acceptors (Lipinski definition) is 7. The molecule has 0 aliphatic carbocycles. The highest BCUT2D eigenvalue weighted by atomic mass is 32.2. The van der Waals surface area contributed by atoms with Crippen LogP contribution in [0.25, 0.3) is 11.5 Å². The summed E-state index contributed by atoms with van der Waals surface area (Å²) in [5, 5.41) is 8.59. The fraction of sp³-hybridized carbons (Fsp3) is 0.222. The minimum absolute atomic E-state index is 0.200. The Bertz CT molecular complexity index is 873. The standard InChI is InChI=1S/C18H17FN2O3S2/c1-22-12-7-8-13(15(11-12)23-2)17-20-21-18(24-17)26-10-9-25-16-6-4-3-5-14(16)19/h3-8,11H,9-10H2,1-2H3. The molecule has 0 fully saturated rings. The Balaban J connectivity index is 1.59. The van der Waals surface area contributed by atoms with Gasteiger partial charge in [-0.1, -0.05) is 23.9 Å². The van der Waals surface area contributed by atoms with Crippen LogP contribution < -0.4 is 9.47 Å². The van der Waals surface area contributed by atoms with Crippen molar-refractivity contribution in [2.24, 2.45) is 0 Å². The zero-order valence-corrected chi connectivity index (χ0v) is 15.9. The van der Waals surface area contributed by atoms with Crippen molar-refractivity contribution in [1.82, 2.24) is 10.2 Å². The Hall–Kier alpha value is -2.19. The molecule has 0 N–H and O–H groups in total. The Labute approximate surface area is 159 Å². The molecule has 0 bridgehead atoms. The summed E-state index contributed by atoms with van der Waals surface area (Å²) < 4.78 is 29.8. The van der Waals surface area contributed by atoms with Crippen LogP contribution in [0, 0.1) is 5.82 Å². The second-order valence-electron chi connectivity index (χ2n) is 5.07. The van der Waals surface area contributed by atoms with Crippen molar-refractivity contribution in [1.29, 1.82) is 0 Å². The fourth-order valence-electron chi connectivity index (χ4n) is 2.19. The highest BCUT2D eigenvalue weighted by Gasteiger charge is 2.15. The van der Waals surface area contributed by atoms with E-state index < -0.39 is 0 Å². The number of halogens is 1. The number of aromatic nitrogens is 2. The topological polar surface area (TPSA) is 57.4 Å². The summed E-state index contributed by atoms with van der Waals surface area (Å²) in [7, 11) is 3.17. The molecule has 0 unspecified atom stereocenters. The van der Waals surface area contributed by atoms with Crippen molar-refractivity contribution in [3.63, 3.8) is 0 Å². The van der Waals surface area contributed by atoms with Crippen molar-refractivity contribution < 1.29 is 18.3 Å². The number of hydrogen-bond donors (Lipinski definition) is 0. The van der Waals surface area contributed by atoms with Gasteiger partial charge in [-0.15, -0.1) is 22.0 Å². The molecule has 0 atom stereocenters. The van der Waals surface area contributed by atoms with Gasteiger partial charge in [-0.3, -0.25) is 0 Å². The molecule has 3 rings (SSSR count). The van der Waals surface area contributed by atoms with Crippen LogP contribution in [0.1, 0.15) is 0 Å². The largest absolute Gasteiger partial charge is 0.497 e. The van der Waals surface area contributed by atoms with E-state index in [1.165, 1.54) is 29.6 Å². The molecule has 5 nitrogen and oxygen atoms in total. The Morgan fingerprint density at radius 1 is 1.00 bits per heavy atom. The number of methoxy groups -OCH3 is 2. The third-order valence-electron chi connectivity index (χ3n) is 3.45. The molecule has 8 heteroatoms. The van der Waals surface area contributed by atoms with E-state index in [4.69, 9.17) is 13.9 Å². The molecule has 3 aromatic rings. The molecule has 1 heterocycles. The van der Waals surface area contributed by atoms with E-state index in [0.717, 1.165) is 11.5 Å². The lowest BCUT2D eigenvalue weighted by atomic mass is 10.2. The molecular formula is C18H17FN2O3S2. The summed E-state index contributed by atoms with van der Waals surface area (Å²) >= 11 is 2.89. The average molecular weight is 392 g/mol. The minimum atomic E-state index is -0.200. The van der Waals surface area contributed by atoms with Crippen molar-refractivity contribution in [2.45, 2.75) is 10.1 Å². The van der Waals surface area contributed by atoms with Crippen LogP contribution in [0.5, 0.6) is 11.5 Å². The normalized spacial score (nSPS) is 10.7. The predicted molar refractivity (Wildman–Crippen MR) is 101 cm³/mol. The summed E-state index contributed by atoms with van der Waals surface area (Å²) in [6.45, 7) is 0. The summed E-state index contributed by atoms with van der Waals surface area (Å²) in [5.74, 6) is 2.92. The fourth-order valence-corrected chi connectivity index (χ4v) is 3.87. The van der Waals surface area contributed by atoms with Gasteiger partial charge < -0.3 is 13.9 Å². The van der Waals surface area contributed by atoms with Crippen molar-refractivity contribution in [3.8, 4) is 23.0 Å². The Morgan fingerprint density at radius 3 is 2.58 bits per heavy atom. The van der Waals surface area contributed by atoms with Crippen molar-refractivity contribution in [2.75, 3.05) is 25.7 Å². The molecular weight excluding hydrogens is 375 g/mol. The Kier molecular flexibility index (Phi) is 6.40. The lowest BCUT2D eigenvalue weighted by Crippen LogP contribution is -1.90. The SMILES string of the molecule is COc1ccc(-c2nnc(SCCSc3ccccc3F)o2)c(OC)c1. The van der Waals surface area contributed by atoms with Gasteiger partial charge in [0.05, 0.1) is 19.8 Å². The first-order chi connectivity index (χ1) is 12.7. The molecule has 0 aliphatic rings. The molecule has 0 spiro atoms. The van der Waals surface area contributed by atoms with Gasteiger partial charge in [-0.2, -0.15) is 0 Å². The number of benzene rings is 2. The van der Waals surface area contributed by atoms with E-state index in [1.54, 1.807) is 38.5 Å². The smallest absolute Gasteiger partial charge is 0.276 e. The third-order valence-corrected chi connectivity index (χ3v) is 5.58. The lowest BCUT2D eigenvalue weighted by molar-refractivity contribution is 0.393. The van der Waals surface area contributed by atoms with Crippen LogP contribution in [-0.2, 0) is 0 Å². The van der Waals surface area contributed by atoms with Crippen LogP contribution in [-0.4, -0.2) is 35.9 Å².